The molecule has 0 aliphatic rings. The monoisotopic (exact) mass is 313 g/mol. The normalized spacial score (nSPS) is 12.1. The molecule has 0 aliphatic heterocycles. The van der Waals surface area contributed by atoms with Crippen LogP contribution in [0.2, 0.25) is 5.02 Å². The maximum atomic E-state index is 10.8. The van der Waals surface area contributed by atoms with Gasteiger partial charge in [-0.25, -0.2) is 10.2 Å². The number of hydrazone groups is 1. The van der Waals surface area contributed by atoms with Crippen molar-refractivity contribution in [1.82, 2.24) is 5.43 Å². The number of amides is 2. The van der Waals surface area contributed by atoms with Gasteiger partial charge in [0, 0.05) is 10.6 Å². The van der Waals surface area contributed by atoms with E-state index in [9.17, 15) is 4.79 Å². The molecule has 112 valence electrons. The molecule has 0 heterocycles. The highest BCUT2D eigenvalue weighted by molar-refractivity contribution is 6.30. The first-order chi connectivity index (χ1) is 10.6. The third-order valence-electron chi connectivity index (χ3n) is 2.99. The molecule has 0 unspecified atom stereocenters. The molecule has 0 fully saturated rings. The summed E-state index contributed by atoms with van der Waals surface area (Å²) in [6.07, 6.45) is 1.98. The standard InChI is InChI=1S/C17H16ClN3O/c1-12(20-21-17(19)22)16(14-5-3-2-4-6-14)11-13-7-9-15(18)10-8-13/h2-11H,1H3,(H3,19,21,22)/b16-11+,20-12+. The zero-order valence-electron chi connectivity index (χ0n) is 12.1. The lowest BCUT2D eigenvalue weighted by Gasteiger charge is -2.08. The number of nitrogens with one attached hydrogen (secondary N) is 1. The molecule has 5 heteroatoms. The molecule has 0 radical (unpaired) electrons. The highest BCUT2D eigenvalue weighted by Crippen LogP contribution is 2.21. The van der Waals surface area contributed by atoms with Crippen molar-refractivity contribution in [3.05, 3.63) is 70.7 Å². The fourth-order valence-corrected chi connectivity index (χ4v) is 2.07. The lowest BCUT2D eigenvalue weighted by molar-refractivity contribution is 0.249. The van der Waals surface area contributed by atoms with Crippen LogP contribution in [0.4, 0.5) is 4.79 Å². The molecular formula is C17H16ClN3O. The first-order valence-corrected chi connectivity index (χ1v) is 7.07. The summed E-state index contributed by atoms with van der Waals surface area (Å²) in [6, 6.07) is 16.6. The lowest BCUT2D eigenvalue weighted by atomic mass is 9.99. The summed E-state index contributed by atoms with van der Waals surface area (Å²) >= 11 is 5.91. The van der Waals surface area contributed by atoms with Gasteiger partial charge in [0.05, 0.1) is 5.71 Å². The van der Waals surface area contributed by atoms with Gasteiger partial charge >= 0.3 is 6.03 Å². The summed E-state index contributed by atoms with van der Waals surface area (Å²) in [6.45, 7) is 1.81. The molecule has 0 saturated carbocycles. The Hall–Kier alpha value is -2.59. The minimum atomic E-state index is -0.696. The second-order valence-corrected chi connectivity index (χ2v) is 5.09. The largest absolute Gasteiger partial charge is 0.350 e. The molecule has 0 bridgehead atoms. The summed E-state index contributed by atoms with van der Waals surface area (Å²) in [5.74, 6) is 0. The molecule has 0 aliphatic carbocycles. The average Bonchev–Trinajstić information content (AvgIpc) is 2.53. The minimum absolute atomic E-state index is 0.653. The van der Waals surface area contributed by atoms with E-state index in [-0.39, 0.29) is 0 Å². The number of carbonyl (C=O) groups is 1. The van der Waals surface area contributed by atoms with Gasteiger partial charge in [0.1, 0.15) is 0 Å². The second kappa shape index (κ2) is 7.43. The van der Waals surface area contributed by atoms with E-state index in [4.69, 9.17) is 17.3 Å². The predicted octanol–water partition coefficient (Wildman–Crippen LogP) is 3.92. The number of hydrogen-bond donors (Lipinski definition) is 2. The van der Waals surface area contributed by atoms with Crippen molar-refractivity contribution in [2.24, 2.45) is 10.8 Å². The maximum Gasteiger partial charge on any atom is 0.332 e. The Morgan fingerprint density at radius 2 is 1.77 bits per heavy atom. The van der Waals surface area contributed by atoms with Crippen LogP contribution in [0, 0.1) is 0 Å². The smallest absolute Gasteiger partial charge is 0.332 e. The topological polar surface area (TPSA) is 67.5 Å². The molecule has 2 aromatic carbocycles. The van der Waals surface area contributed by atoms with Crippen LogP contribution in [0.3, 0.4) is 0 Å². The van der Waals surface area contributed by atoms with Crippen LogP contribution >= 0.6 is 11.6 Å². The van der Waals surface area contributed by atoms with Crippen LogP contribution in [0.5, 0.6) is 0 Å². The van der Waals surface area contributed by atoms with Crippen molar-refractivity contribution in [1.29, 1.82) is 0 Å². The lowest BCUT2D eigenvalue weighted by Crippen LogP contribution is -2.25. The highest BCUT2D eigenvalue weighted by Gasteiger charge is 2.06. The first kappa shape index (κ1) is 15.8. The average molecular weight is 314 g/mol. The number of nitrogens with zero attached hydrogens (tertiary/aromatic N) is 1. The fourth-order valence-electron chi connectivity index (χ4n) is 1.94. The van der Waals surface area contributed by atoms with E-state index in [2.05, 4.69) is 10.5 Å². The van der Waals surface area contributed by atoms with Crippen LogP contribution in [0.1, 0.15) is 18.1 Å². The first-order valence-electron chi connectivity index (χ1n) is 6.69. The van der Waals surface area contributed by atoms with Crippen LogP contribution in [0.15, 0.2) is 59.7 Å². The number of carbonyl (C=O) groups excluding carboxylic acids is 1. The zero-order chi connectivity index (χ0) is 15.9. The molecule has 22 heavy (non-hydrogen) atoms. The van der Waals surface area contributed by atoms with Crippen molar-refractivity contribution >= 4 is 35.0 Å². The molecule has 0 aromatic heterocycles. The van der Waals surface area contributed by atoms with Gasteiger partial charge in [-0.3, -0.25) is 0 Å². The van der Waals surface area contributed by atoms with Crippen molar-refractivity contribution < 1.29 is 4.79 Å². The van der Waals surface area contributed by atoms with Gasteiger partial charge in [0.25, 0.3) is 0 Å². The van der Waals surface area contributed by atoms with Crippen LogP contribution < -0.4 is 11.2 Å². The van der Waals surface area contributed by atoms with E-state index < -0.39 is 6.03 Å². The van der Waals surface area contributed by atoms with E-state index in [0.717, 1.165) is 16.7 Å². The number of benzene rings is 2. The number of urea groups is 1. The van der Waals surface area contributed by atoms with E-state index in [1.165, 1.54) is 0 Å². The quantitative estimate of drug-likeness (QED) is 0.501. The van der Waals surface area contributed by atoms with Gasteiger partial charge in [-0.1, -0.05) is 54.1 Å². The Morgan fingerprint density at radius 1 is 1.14 bits per heavy atom. The van der Waals surface area contributed by atoms with Crippen molar-refractivity contribution in [2.45, 2.75) is 6.92 Å². The maximum absolute atomic E-state index is 10.8. The number of primary amides is 1. The molecule has 2 amide bonds. The number of allylic oxidation sites excluding steroid dienone is 1. The SMILES string of the molecule is CC(=N\NC(N)=O)/C(=C\c1ccc(Cl)cc1)c1ccccc1. The third-order valence-corrected chi connectivity index (χ3v) is 3.24. The molecule has 2 rings (SSSR count). The van der Waals surface area contributed by atoms with Gasteiger partial charge < -0.3 is 5.73 Å². The van der Waals surface area contributed by atoms with Gasteiger partial charge in [0.15, 0.2) is 0 Å². The van der Waals surface area contributed by atoms with Crippen LogP contribution in [-0.2, 0) is 0 Å². The molecule has 0 saturated heterocycles. The van der Waals surface area contributed by atoms with Gasteiger partial charge in [-0.05, 0) is 36.3 Å². The van der Waals surface area contributed by atoms with Gasteiger partial charge in [-0.15, -0.1) is 0 Å². The Balaban J connectivity index is 2.43. The second-order valence-electron chi connectivity index (χ2n) is 4.65. The van der Waals surface area contributed by atoms with E-state index in [1.807, 2.05) is 67.6 Å². The highest BCUT2D eigenvalue weighted by atomic mass is 35.5. The number of rotatable bonds is 4. The number of hydrogen-bond acceptors (Lipinski definition) is 2. The minimum Gasteiger partial charge on any atom is -0.350 e. The Kier molecular flexibility index (Phi) is 5.33. The number of halogens is 1. The Labute approximate surface area is 134 Å². The zero-order valence-corrected chi connectivity index (χ0v) is 12.8. The predicted molar refractivity (Wildman–Crippen MR) is 91.6 cm³/mol. The summed E-state index contributed by atoms with van der Waals surface area (Å²) in [5.41, 5.74) is 10.8. The summed E-state index contributed by atoms with van der Waals surface area (Å²) in [7, 11) is 0. The summed E-state index contributed by atoms with van der Waals surface area (Å²) in [4.78, 5) is 10.8. The van der Waals surface area contributed by atoms with Gasteiger partial charge in [-0.2, -0.15) is 5.10 Å². The van der Waals surface area contributed by atoms with Gasteiger partial charge in [0.2, 0.25) is 0 Å². The fraction of sp³-hybridized carbons (Fsp3) is 0.0588. The van der Waals surface area contributed by atoms with Crippen molar-refractivity contribution in [3.8, 4) is 0 Å². The van der Waals surface area contributed by atoms with E-state index in [0.29, 0.717) is 10.7 Å². The van der Waals surface area contributed by atoms with Crippen LogP contribution in [0.25, 0.3) is 11.6 Å². The summed E-state index contributed by atoms with van der Waals surface area (Å²) in [5, 5.41) is 4.69. The number of nitrogens with two attached hydrogens (primary N) is 1. The van der Waals surface area contributed by atoms with Crippen LogP contribution in [-0.4, -0.2) is 11.7 Å². The summed E-state index contributed by atoms with van der Waals surface area (Å²) < 4.78 is 0. The van der Waals surface area contributed by atoms with E-state index >= 15 is 0 Å². The Morgan fingerprint density at radius 3 is 2.36 bits per heavy atom. The molecule has 0 atom stereocenters. The molecule has 3 N–H and O–H groups in total. The molecule has 4 nitrogen and oxygen atoms in total. The Bertz CT molecular complexity index is 706. The van der Waals surface area contributed by atoms with Crippen molar-refractivity contribution in [3.63, 3.8) is 0 Å². The molecule has 0 spiro atoms. The van der Waals surface area contributed by atoms with E-state index in [1.54, 1.807) is 0 Å². The third kappa shape index (κ3) is 4.46. The molecular weight excluding hydrogens is 298 g/mol. The van der Waals surface area contributed by atoms with Crippen molar-refractivity contribution in [2.75, 3.05) is 0 Å². The molecule has 2 aromatic rings.